The van der Waals surface area contributed by atoms with E-state index in [0.29, 0.717) is 39.2 Å². The van der Waals surface area contributed by atoms with Crippen molar-refractivity contribution in [3.05, 3.63) is 81.8 Å². The lowest BCUT2D eigenvalue weighted by molar-refractivity contribution is 0.102. The second-order valence-electron chi connectivity index (χ2n) is 8.06. The molecular weight excluding hydrogens is 553 g/mol. The number of phenolic OH excluding ortho intramolecular Hbond substituents is 1. The summed E-state index contributed by atoms with van der Waals surface area (Å²) >= 11 is 12.4. The summed E-state index contributed by atoms with van der Waals surface area (Å²) in [4.78, 5) is 12.6. The van der Waals surface area contributed by atoms with Crippen molar-refractivity contribution in [2.45, 2.75) is 18.2 Å². The van der Waals surface area contributed by atoms with E-state index in [0.717, 1.165) is 0 Å². The number of halogens is 2. The summed E-state index contributed by atoms with van der Waals surface area (Å²) in [6.45, 7) is 1.81. The second kappa shape index (κ2) is 11.0. The van der Waals surface area contributed by atoms with Gasteiger partial charge in [0.15, 0.2) is 5.75 Å². The molecule has 0 radical (unpaired) electrons. The predicted molar refractivity (Wildman–Crippen MR) is 146 cm³/mol. The van der Waals surface area contributed by atoms with Crippen molar-refractivity contribution in [2.75, 3.05) is 12.4 Å². The number of fused-ring (bicyclic) bond motifs is 1. The molecule has 0 heterocycles. The smallest absolute Gasteiger partial charge is 0.296 e. The lowest BCUT2D eigenvalue weighted by atomic mass is 10.0. The number of hydrogen-bond donors (Lipinski definition) is 3. The van der Waals surface area contributed by atoms with Crippen molar-refractivity contribution < 1.29 is 27.6 Å². The number of rotatable bonds is 7. The third kappa shape index (κ3) is 5.44. The number of phenols is 1. The van der Waals surface area contributed by atoms with Crippen molar-refractivity contribution in [3.63, 3.8) is 0 Å². The van der Waals surface area contributed by atoms with E-state index >= 15 is 0 Å². The standard InChI is InChI=1S/C26H21Cl2N3O6S/c1-3-14-8-11-21(38(34,35)36)22(28)23(14)30-31-24-17-7-5-4-6-15(17)12-18(25(24)32)26(33)29-16-9-10-20(37-2)19(27)13-16/h4-13,32H,3H2,1-2H3,(H,29,33)(H,34,35,36). The summed E-state index contributed by atoms with van der Waals surface area (Å²) in [5, 5.41) is 23.2. The van der Waals surface area contributed by atoms with Gasteiger partial charge in [0.05, 0.1) is 22.7 Å². The highest BCUT2D eigenvalue weighted by atomic mass is 35.5. The Hall–Kier alpha value is -3.70. The summed E-state index contributed by atoms with van der Waals surface area (Å²) in [6.07, 6.45) is 0.430. The van der Waals surface area contributed by atoms with Gasteiger partial charge in [-0.3, -0.25) is 9.35 Å². The molecule has 0 saturated heterocycles. The first-order valence-corrected chi connectivity index (χ1v) is 13.3. The molecule has 0 unspecified atom stereocenters. The molecule has 9 nitrogen and oxygen atoms in total. The average Bonchev–Trinajstić information content (AvgIpc) is 2.87. The van der Waals surface area contributed by atoms with Gasteiger partial charge in [-0.2, -0.15) is 8.42 Å². The van der Waals surface area contributed by atoms with Gasteiger partial charge in [-0.05, 0) is 47.7 Å². The Morgan fingerprint density at radius 1 is 1.03 bits per heavy atom. The Kier molecular flexibility index (Phi) is 7.89. The van der Waals surface area contributed by atoms with Crippen LogP contribution in [0.15, 0.2) is 75.8 Å². The minimum absolute atomic E-state index is 0.00972. The molecular formula is C26H21Cl2N3O6S. The third-order valence-electron chi connectivity index (χ3n) is 5.72. The van der Waals surface area contributed by atoms with Gasteiger partial charge in [0.1, 0.15) is 22.0 Å². The molecule has 4 aromatic rings. The molecule has 0 bridgehead atoms. The van der Waals surface area contributed by atoms with E-state index in [4.69, 9.17) is 27.9 Å². The number of hydrogen-bond acceptors (Lipinski definition) is 7. The normalized spacial score (nSPS) is 11.7. The zero-order valence-corrected chi connectivity index (χ0v) is 22.4. The third-order valence-corrected chi connectivity index (χ3v) is 7.41. The Labute approximate surface area is 228 Å². The van der Waals surface area contributed by atoms with Crippen LogP contribution in [0.1, 0.15) is 22.8 Å². The van der Waals surface area contributed by atoms with E-state index in [-0.39, 0.29) is 22.0 Å². The maximum Gasteiger partial charge on any atom is 0.296 e. The van der Waals surface area contributed by atoms with Gasteiger partial charge in [0, 0.05) is 11.1 Å². The molecule has 4 rings (SSSR count). The quantitative estimate of drug-likeness (QED) is 0.156. The molecule has 4 aromatic carbocycles. The molecule has 196 valence electrons. The van der Waals surface area contributed by atoms with Crippen molar-refractivity contribution in [1.82, 2.24) is 0 Å². The van der Waals surface area contributed by atoms with Crippen LogP contribution in [0, 0.1) is 0 Å². The lowest BCUT2D eigenvalue weighted by Crippen LogP contribution is -2.12. The molecule has 0 saturated carbocycles. The van der Waals surface area contributed by atoms with Crippen LogP contribution < -0.4 is 10.1 Å². The first-order valence-electron chi connectivity index (χ1n) is 11.1. The number of methoxy groups -OCH3 is 1. The van der Waals surface area contributed by atoms with Crippen LogP contribution in [0.2, 0.25) is 10.0 Å². The molecule has 0 fully saturated rings. The minimum atomic E-state index is -4.62. The number of aromatic hydroxyl groups is 1. The monoisotopic (exact) mass is 573 g/mol. The first kappa shape index (κ1) is 27.3. The average molecular weight is 574 g/mol. The molecule has 0 aliphatic rings. The highest BCUT2D eigenvalue weighted by Gasteiger charge is 2.22. The summed E-state index contributed by atoms with van der Waals surface area (Å²) in [7, 11) is -3.14. The van der Waals surface area contributed by atoms with Gasteiger partial charge in [0.25, 0.3) is 16.0 Å². The van der Waals surface area contributed by atoms with Gasteiger partial charge < -0.3 is 15.2 Å². The first-order chi connectivity index (χ1) is 18.0. The Bertz CT molecular complexity index is 1710. The number of anilines is 1. The number of azo groups is 1. The van der Waals surface area contributed by atoms with Gasteiger partial charge in [-0.1, -0.05) is 60.5 Å². The van der Waals surface area contributed by atoms with Crippen molar-refractivity contribution >= 4 is 67.1 Å². The molecule has 3 N–H and O–H groups in total. The highest BCUT2D eigenvalue weighted by Crippen LogP contribution is 2.42. The van der Waals surface area contributed by atoms with E-state index in [1.165, 1.54) is 31.4 Å². The number of nitrogens with zero attached hydrogens (tertiary/aromatic N) is 2. The van der Waals surface area contributed by atoms with Gasteiger partial charge in [0.2, 0.25) is 0 Å². The van der Waals surface area contributed by atoms with Crippen LogP contribution in [0.4, 0.5) is 17.1 Å². The fraction of sp³-hybridized carbons (Fsp3) is 0.115. The molecule has 1 amide bonds. The highest BCUT2D eigenvalue weighted by molar-refractivity contribution is 7.86. The van der Waals surface area contributed by atoms with Crippen LogP contribution in [-0.2, 0) is 16.5 Å². The second-order valence-corrected chi connectivity index (χ2v) is 10.2. The number of benzene rings is 4. The van der Waals surface area contributed by atoms with Crippen LogP contribution in [0.5, 0.6) is 11.5 Å². The number of nitrogens with one attached hydrogen (secondary N) is 1. The largest absolute Gasteiger partial charge is 0.505 e. The number of carbonyl (C=O) groups is 1. The Morgan fingerprint density at radius 3 is 2.39 bits per heavy atom. The zero-order chi connectivity index (χ0) is 27.6. The van der Waals surface area contributed by atoms with Crippen molar-refractivity contribution in [3.8, 4) is 11.5 Å². The molecule has 0 aliphatic heterocycles. The molecule has 0 atom stereocenters. The Morgan fingerprint density at radius 2 is 1.74 bits per heavy atom. The summed E-state index contributed by atoms with van der Waals surface area (Å²) in [6, 6.07) is 15.7. The van der Waals surface area contributed by atoms with E-state index < -0.39 is 26.7 Å². The van der Waals surface area contributed by atoms with Crippen LogP contribution in [-0.4, -0.2) is 31.1 Å². The Balaban J connectivity index is 1.82. The number of ether oxygens (including phenoxy) is 1. The van der Waals surface area contributed by atoms with E-state index in [1.807, 2.05) is 0 Å². The number of aryl methyl sites for hydroxylation is 1. The van der Waals surface area contributed by atoms with Crippen LogP contribution in [0.3, 0.4) is 0 Å². The molecule has 0 spiro atoms. The fourth-order valence-electron chi connectivity index (χ4n) is 3.81. The minimum Gasteiger partial charge on any atom is -0.505 e. The van der Waals surface area contributed by atoms with Crippen molar-refractivity contribution in [2.24, 2.45) is 10.2 Å². The van der Waals surface area contributed by atoms with E-state index in [2.05, 4.69) is 15.5 Å². The maximum atomic E-state index is 13.1. The SMILES string of the molecule is CCc1ccc(S(=O)(=O)O)c(Cl)c1N=Nc1c(O)c(C(=O)Nc2ccc(OC)c(Cl)c2)cc2ccccc12. The van der Waals surface area contributed by atoms with Crippen LogP contribution in [0.25, 0.3) is 10.8 Å². The predicted octanol–water partition coefficient (Wildman–Crippen LogP) is 7.34. The summed E-state index contributed by atoms with van der Waals surface area (Å²) < 4.78 is 38.1. The fourth-order valence-corrected chi connectivity index (χ4v) is 5.15. The molecule has 12 heteroatoms. The van der Waals surface area contributed by atoms with Crippen LogP contribution >= 0.6 is 23.2 Å². The van der Waals surface area contributed by atoms with Gasteiger partial charge >= 0.3 is 0 Å². The number of carbonyl (C=O) groups excluding carboxylic acids is 1. The molecule has 0 aromatic heterocycles. The van der Waals surface area contributed by atoms with Crippen molar-refractivity contribution in [1.29, 1.82) is 0 Å². The summed E-state index contributed by atoms with van der Waals surface area (Å²) in [5.41, 5.74) is 0.822. The zero-order valence-electron chi connectivity index (χ0n) is 20.1. The number of amides is 1. The summed E-state index contributed by atoms with van der Waals surface area (Å²) in [5.74, 6) is -0.652. The van der Waals surface area contributed by atoms with E-state index in [1.54, 1.807) is 43.3 Å². The topological polar surface area (TPSA) is 138 Å². The van der Waals surface area contributed by atoms with Gasteiger partial charge in [-0.15, -0.1) is 10.2 Å². The van der Waals surface area contributed by atoms with E-state index in [9.17, 15) is 22.9 Å². The molecule has 0 aliphatic carbocycles. The van der Waals surface area contributed by atoms with Gasteiger partial charge in [-0.25, -0.2) is 0 Å². The maximum absolute atomic E-state index is 13.1. The lowest BCUT2D eigenvalue weighted by Gasteiger charge is -2.12. The molecule has 38 heavy (non-hydrogen) atoms.